The average Bonchev–Trinajstić information content (AvgIpc) is 3.03. The fourth-order valence-electron chi connectivity index (χ4n) is 3.80. The summed E-state index contributed by atoms with van der Waals surface area (Å²) in [5.41, 5.74) is 0.737. The molecule has 2 unspecified atom stereocenters. The Bertz CT molecular complexity index is 819. The molecule has 0 aromatic heterocycles. The Hall–Kier alpha value is -2.03. The molecule has 0 saturated carbocycles. The number of hydrogen-bond donors (Lipinski definition) is 1. The van der Waals surface area contributed by atoms with Crippen molar-refractivity contribution < 1.29 is 9.59 Å². The lowest BCUT2D eigenvalue weighted by Crippen LogP contribution is -2.64. The highest BCUT2D eigenvalue weighted by Gasteiger charge is 2.50. The molecule has 3 aliphatic rings. The van der Waals surface area contributed by atoms with E-state index in [4.69, 9.17) is 28.2 Å². The van der Waals surface area contributed by atoms with Crippen molar-refractivity contribution in [1.82, 2.24) is 24.9 Å². The Morgan fingerprint density at radius 3 is 2.39 bits per heavy atom. The maximum atomic E-state index is 12.7. The summed E-state index contributed by atoms with van der Waals surface area (Å²) in [5, 5.41) is 3.49. The van der Waals surface area contributed by atoms with Gasteiger partial charge in [0.05, 0.1) is 0 Å². The summed E-state index contributed by atoms with van der Waals surface area (Å²) in [6.45, 7) is 3.72. The van der Waals surface area contributed by atoms with Gasteiger partial charge in [-0.15, -0.1) is 0 Å². The minimum absolute atomic E-state index is 0.334. The molecule has 28 heavy (non-hydrogen) atoms. The van der Waals surface area contributed by atoms with Gasteiger partial charge in [0, 0.05) is 55.4 Å². The van der Waals surface area contributed by atoms with Gasteiger partial charge in [-0.2, -0.15) is 0 Å². The number of aliphatic imine (C=N–C) groups is 1. The molecule has 2 atom stereocenters. The Morgan fingerprint density at radius 2 is 1.75 bits per heavy atom. The van der Waals surface area contributed by atoms with E-state index in [1.807, 2.05) is 4.90 Å². The van der Waals surface area contributed by atoms with Crippen molar-refractivity contribution in [3.63, 3.8) is 0 Å². The molecule has 1 N–H and O–H groups in total. The fourth-order valence-corrected chi connectivity index (χ4v) is 4.32. The predicted octanol–water partition coefficient (Wildman–Crippen LogP) is 1.29. The number of imide groups is 1. The van der Waals surface area contributed by atoms with Gasteiger partial charge in [0.1, 0.15) is 0 Å². The monoisotopic (exact) mass is 424 g/mol. The van der Waals surface area contributed by atoms with Crippen LogP contribution in [0, 0.1) is 0 Å². The van der Waals surface area contributed by atoms with Crippen molar-refractivity contribution in [1.29, 1.82) is 0 Å². The summed E-state index contributed by atoms with van der Waals surface area (Å²) in [4.78, 5) is 37.4. The van der Waals surface area contributed by atoms with Crippen LogP contribution in [0.5, 0.6) is 0 Å². The quantitative estimate of drug-likeness (QED) is 0.774. The summed E-state index contributed by atoms with van der Waals surface area (Å²) in [6.07, 6.45) is -0.572. The van der Waals surface area contributed by atoms with Crippen molar-refractivity contribution >= 4 is 41.1 Å². The van der Waals surface area contributed by atoms with Crippen molar-refractivity contribution in [3.8, 4) is 0 Å². The second-order valence-electron chi connectivity index (χ2n) is 7.31. The molecule has 150 valence electrons. The van der Waals surface area contributed by atoms with Crippen LogP contribution in [0.1, 0.15) is 5.56 Å². The summed E-state index contributed by atoms with van der Waals surface area (Å²) in [7, 11) is 3.73. The lowest BCUT2D eigenvalue weighted by atomic mass is 10.1. The zero-order valence-electron chi connectivity index (χ0n) is 15.7. The molecule has 0 aliphatic carbocycles. The number of nitrogens with one attached hydrogen (secondary N) is 1. The van der Waals surface area contributed by atoms with Crippen LogP contribution in [-0.2, 0) is 11.3 Å². The largest absolute Gasteiger partial charge is 0.340 e. The number of carbonyl (C=O) groups is 2. The number of fused-ring (bicyclic) bond motifs is 1. The molecule has 3 aliphatic heterocycles. The van der Waals surface area contributed by atoms with E-state index in [2.05, 4.69) is 22.2 Å². The highest BCUT2D eigenvalue weighted by atomic mass is 35.5. The highest BCUT2D eigenvalue weighted by molar-refractivity contribution is 6.36. The van der Waals surface area contributed by atoms with Gasteiger partial charge >= 0.3 is 6.03 Å². The van der Waals surface area contributed by atoms with Crippen molar-refractivity contribution in [2.75, 3.05) is 40.3 Å². The SMILES string of the molecule is CN1CCN(C2=NC3C(C(=O)NC(=O)N3C)N2Cc2c(Cl)cccc2Cl)CC1. The molecule has 4 rings (SSSR count). The van der Waals surface area contributed by atoms with Crippen molar-refractivity contribution in [2.24, 2.45) is 4.99 Å². The van der Waals surface area contributed by atoms with Crippen LogP contribution in [-0.4, -0.2) is 90.0 Å². The normalized spacial score (nSPS) is 25.7. The average molecular weight is 425 g/mol. The first-order valence-electron chi connectivity index (χ1n) is 9.15. The molecule has 2 saturated heterocycles. The lowest BCUT2D eigenvalue weighted by molar-refractivity contribution is -0.127. The number of carbonyl (C=O) groups excluding carboxylic acids is 2. The number of benzene rings is 1. The molecular formula is C18H22Cl2N6O2. The zero-order chi connectivity index (χ0) is 20.0. The van der Waals surface area contributed by atoms with E-state index < -0.39 is 18.2 Å². The number of hydrogen-bond acceptors (Lipinski definition) is 6. The first-order chi connectivity index (χ1) is 13.4. The third-order valence-corrected chi connectivity index (χ3v) is 6.22. The van der Waals surface area contributed by atoms with E-state index in [9.17, 15) is 9.59 Å². The van der Waals surface area contributed by atoms with Gasteiger partial charge in [-0.3, -0.25) is 10.1 Å². The molecular weight excluding hydrogens is 403 g/mol. The van der Waals surface area contributed by atoms with Crippen LogP contribution in [0.2, 0.25) is 10.0 Å². The fraction of sp³-hybridized carbons (Fsp3) is 0.500. The molecule has 0 radical (unpaired) electrons. The van der Waals surface area contributed by atoms with Crippen LogP contribution in [0.15, 0.2) is 23.2 Å². The second-order valence-corrected chi connectivity index (χ2v) is 8.13. The molecule has 3 heterocycles. The molecule has 0 spiro atoms. The summed E-state index contributed by atoms with van der Waals surface area (Å²) in [5.74, 6) is 0.347. The van der Waals surface area contributed by atoms with Gasteiger partial charge in [-0.1, -0.05) is 29.3 Å². The maximum Gasteiger partial charge on any atom is 0.325 e. The summed E-state index contributed by atoms with van der Waals surface area (Å²) in [6, 6.07) is 4.28. The van der Waals surface area contributed by atoms with E-state index in [1.54, 1.807) is 25.2 Å². The van der Waals surface area contributed by atoms with E-state index in [1.165, 1.54) is 4.90 Å². The Morgan fingerprint density at radius 1 is 1.11 bits per heavy atom. The molecule has 3 amide bonds. The van der Waals surface area contributed by atoms with Gasteiger partial charge in [-0.05, 0) is 19.2 Å². The second kappa shape index (κ2) is 7.42. The van der Waals surface area contributed by atoms with Gasteiger partial charge in [0.2, 0.25) is 0 Å². The third kappa shape index (κ3) is 3.29. The number of halogens is 2. The Balaban J connectivity index is 1.70. The van der Waals surface area contributed by atoms with E-state index in [-0.39, 0.29) is 5.91 Å². The minimum Gasteiger partial charge on any atom is -0.340 e. The highest BCUT2D eigenvalue weighted by Crippen LogP contribution is 2.32. The predicted molar refractivity (Wildman–Crippen MR) is 107 cm³/mol. The molecule has 8 nitrogen and oxygen atoms in total. The first-order valence-corrected chi connectivity index (χ1v) is 9.91. The van der Waals surface area contributed by atoms with Gasteiger partial charge in [0.25, 0.3) is 5.91 Å². The van der Waals surface area contributed by atoms with Crippen molar-refractivity contribution in [3.05, 3.63) is 33.8 Å². The number of urea groups is 1. The number of piperazine rings is 1. The lowest BCUT2D eigenvalue weighted by Gasteiger charge is -2.40. The number of guanidine groups is 1. The van der Waals surface area contributed by atoms with E-state index >= 15 is 0 Å². The number of nitrogens with zero attached hydrogens (tertiary/aromatic N) is 5. The molecule has 1 aromatic rings. The third-order valence-electron chi connectivity index (χ3n) is 5.52. The van der Waals surface area contributed by atoms with Gasteiger partial charge < -0.3 is 19.6 Å². The smallest absolute Gasteiger partial charge is 0.325 e. The standard InChI is InChI=1S/C18H22Cl2N6O2/c1-23-6-8-25(9-7-23)17-21-15-14(16(27)22-18(28)24(15)2)26(17)10-11-12(19)4-3-5-13(11)20/h3-5,14-15H,6-10H2,1-2H3,(H,22,27,28). The van der Waals surface area contributed by atoms with Crippen LogP contribution >= 0.6 is 23.2 Å². The van der Waals surface area contributed by atoms with Gasteiger partial charge in [0.15, 0.2) is 18.2 Å². The number of rotatable bonds is 2. The molecule has 1 aromatic carbocycles. The minimum atomic E-state index is -0.621. The molecule has 10 heteroatoms. The van der Waals surface area contributed by atoms with Crippen LogP contribution in [0.25, 0.3) is 0 Å². The van der Waals surface area contributed by atoms with Gasteiger partial charge in [-0.25, -0.2) is 9.79 Å². The molecule has 0 bridgehead atoms. The summed E-state index contributed by atoms with van der Waals surface area (Å²) < 4.78 is 0. The van der Waals surface area contributed by atoms with Crippen LogP contribution in [0.3, 0.4) is 0 Å². The van der Waals surface area contributed by atoms with Crippen LogP contribution in [0.4, 0.5) is 4.79 Å². The topological polar surface area (TPSA) is 71.5 Å². The maximum absolute atomic E-state index is 12.7. The number of amides is 3. The molecule has 2 fully saturated rings. The van der Waals surface area contributed by atoms with Crippen LogP contribution < -0.4 is 5.32 Å². The summed E-state index contributed by atoms with van der Waals surface area (Å²) >= 11 is 12.8. The van der Waals surface area contributed by atoms with E-state index in [0.29, 0.717) is 22.5 Å². The van der Waals surface area contributed by atoms with Crippen molar-refractivity contribution in [2.45, 2.75) is 18.8 Å². The zero-order valence-corrected chi connectivity index (χ0v) is 17.2. The number of likely N-dealkylation sites (N-methyl/N-ethyl adjacent to an activating group) is 2. The first kappa shape index (κ1) is 19.3. The Kier molecular flexibility index (Phi) is 5.11. The van der Waals surface area contributed by atoms with E-state index in [0.717, 1.165) is 31.7 Å². The Labute approximate surface area is 173 Å².